The zero-order valence-electron chi connectivity index (χ0n) is 19.9. The lowest BCUT2D eigenvalue weighted by Crippen LogP contribution is -2.50. The Morgan fingerprint density at radius 3 is 1.82 bits per heavy atom. The van der Waals surface area contributed by atoms with Crippen molar-refractivity contribution in [2.75, 3.05) is 24.7 Å². The molecule has 2 heterocycles. The summed E-state index contributed by atoms with van der Waals surface area (Å²) >= 11 is 3.74. The Morgan fingerprint density at radius 1 is 0.818 bits per heavy atom. The Kier molecular flexibility index (Phi) is 8.09. The monoisotopic (exact) mass is 510 g/mol. The summed E-state index contributed by atoms with van der Waals surface area (Å²) in [5, 5.41) is 0. The second kappa shape index (κ2) is 10.2. The molecule has 0 bridgehead atoms. The second-order valence-corrected chi connectivity index (χ2v) is 13.8. The van der Waals surface area contributed by atoms with Crippen molar-refractivity contribution < 1.29 is 27.0 Å². The smallest absolute Gasteiger partial charge is 0.310 e. The van der Waals surface area contributed by atoms with Crippen LogP contribution >= 0.6 is 23.5 Å². The molecule has 2 saturated carbocycles. The van der Waals surface area contributed by atoms with Gasteiger partial charge >= 0.3 is 11.8 Å². The van der Waals surface area contributed by atoms with Gasteiger partial charge in [0.05, 0.1) is 13.2 Å². The van der Waals surface area contributed by atoms with Crippen molar-refractivity contribution >= 4 is 23.5 Å². The molecule has 190 valence electrons. The van der Waals surface area contributed by atoms with Crippen LogP contribution in [0.15, 0.2) is 9.81 Å². The molecule has 2 saturated heterocycles. The predicted molar refractivity (Wildman–Crippen MR) is 128 cm³/mol. The van der Waals surface area contributed by atoms with Crippen molar-refractivity contribution in [3.63, 3.8) is 0 Å². The molecule has 1 spiro atoms. The van der Waals surface area contributed by atoms with Crippen molar-refractivity contribution in [3.05, 3.63) is 9.81 Å². The zero-order chi connectivity index (χ0) is 23.7. The van der Waals surface area contributed by atoms with Gasteiger partial charge in [-0.15, -0.1) is 23.5 Å². The van der Waals surface area contributed by atoms with Gasteiger partial charge in [-0.1, -0.05) is 19.4 Å². The van der Waals surface area contributed by atoms with Gasteiger partial charge in [-0.05, 0) is 68.3 Å². The van der Waals surface area contributed by atoms with E-state index in [1.54, 1.807) is 0 Å². The Morgan fingerprint density at radius 2 is 1.30 bits per heavy atom. The highest BCUT2D eigenvalue weighted by Crippen LogP contribution is 2.50. The molecule has 8 heteroatoms. The molecule has 33 heavy (non-hydrogen) atoms. The lowest BCUT2D eigenvalue weighted by atomic mass is 9.78. The van der Waals surface area contributed by atoms with Crippen LogP contribution in [0.2, 0.25) is 0 Å². The summed E-state index contributed by atoms with van der Waals surface area (Å²) in [6, 6.07) is 0. The lowest BCUT2D eigenvalue weighted by molar-refractivity contribution is -0.314. The first kappa shape index (κ1) is 26.2. The van der Waals surface area contributed by atoms with Crippen LogP contribution in [0.4, 0.5) is 17.6 Å². The molecule has 0 aromatic carbocycles. The first-order chi connectivity index (χ1) is 15.5. The molecule has 0 atom stereocenters. The molecule has 2 aliphatic carbocycles. The van der Waals surface area contributed by atoms with E-state index >= 15 is 0 Å². The lowest BCUT2D eigenvalue weighted by Gasteiger charge is -2.47. The summed E-state index contributed by atoms with van der Waals surface area (Å²) in [7, 11) is 0. The number of hydrogen-bond donors (Lipinski definition) is 0. The molecule has 4 aliphatic rings. The third kappa shape index (κ3) is 6.45. The summed E-state index contributed by atoms with van der Waals surface area (Å²) in [5.74, 6) is -7.11. The van der Waals surface area contributed by atoms with Gasteiger partial charge in [-0.25, -0.2) is 0 Å². The number of hydrogen-bond acceptors (Lipinski definition) is 4. The zero-order valence-corrected chi connectivity index (χ0v) is 21.5. The molecular formula is C25H38F4O2S2. The molecule has 0 unspecified atom stereocenters. The first-order valence-corrected chi connectivity index (χ1v) is 14.5. The summed E-state index contributed by atoms with van der Waals surface area (Å²) in [5.41, 5.74) is 1.31. The Hall–Kier alpha value is 0.0800. The number of halogens is 4. The Bertz CT molecular complexity index is 687. The van der Waals surface area contributed by atoms with E-state index in [0.717, 1.165) is 24.3 Å². The van der Waals surface area contributed by atoms with Gasteiger partial charge in [0.2, 0.25) is 0 Å². The minimum atomic E-state index is -3.97. The van der Waals surface area contributed by atoms with E-state index in [9.17, 15) is 17.6 Å². The van der Waals surface area contributed by atoms with Crippen molar-refractivity contribution in [3.8, 4) is 0 Å². The normalized spacial score (nSPS) is 29.5. The molecule has 2 aliphatic heterocycles. The van der Waals surface area contributed by atoms with Gasteiger partial charge in [0, 0.05) is 35.3 Å². The maximum absolute atomic E-state index is 14.8. The fraction of sp³-hybridized carbons (Fsp3) is 0.920. The van der Waals surface area contributed by atoms with E-state index in [1.165, 1.54) is 16.2 Å². The number of rotatable bonds is 5. The van der Waals surface area contributed by atoms with Gasteiger partial charge in [0.1, 0.15) is 0 Å². The van der Waals surface area contributed by atoms with Crippen molar-refractivity contribution in [1.29, 1.82) is 0 Å². The molecule has 2 nitrogen and oxygen atoms in total. The van der Waals surface area contributed by atoms with Crippen LogP contribution in [0.5, 0.6) is 0 Å². The van der Waals surface area contributed by atoms with Crippen LogP contribution in [0, 0.1) is 17.3 Å². The van der Waals surface area contributed by atoms with Gasteiger partial charge in [-0.2, -0.15) is 17.6 Å². The summed E-state index contributed by atoms with van der Waals surface area (Å²) in [6.45, 7) is 5.27. The van der Waals surface area contributed by atoms with Gasteiger partial charge < -0.3 is 9.47 Å². The van der Waals surface area contributed by atoms with Gasteiger partial charge in [0.15, 0.2) is 5.79 Å². The summed E-state index contributed by atoms with van der Waals surface area (Å²) in [4.78, 5) is 0. The third-order valence-corrected chi connectivity index (χ3v) is 10.5. The SMILES string of the molecule is CC1(C)COC2(CCC(CC(F)(F)C(F)(F)CC3CCC(=C4SCCCS4)CC3)CC2)OC1. The van der Waals surface area contributed by atoms with E-state index in [0.29, 0.717) is 51.7 Å². The van der Waals surface area contributed by atoms with Crippen LogP contribution in [-0.4, -0.2) is 42.4 Å². The minimum Gasteiger partial charge on any atom is -0.349 e. The maximum Gasteiger partial charge on any atom is 0.310 e. The van der Waals surface area contributed by atoms with E-state index in [-0.39, 0.29) is 11.3 Å². The summed E-state index contributed by atoms with van der Waals surface area (Å²) < 4.78 is 72.5. The van der Waals surface area contributed by atoms with Crippen LogP contribution in [0.1, 0.15) is 84.5 Å². The second-order valence-electron chi connectivity index (χ2n) is 11.3. The molecule has 4 rings (SSSR count). The number of ether oxygens (including phenoxy) is 2. The van der Waals surface area contributed by atoms with Crippen LogP contribution in [0.25, 0.3) is 0 Å². The van der Waals surface area contributed by atoms with Gasteiger partial charge in [-0.3, -0.25) is 0 Å². The largest absolute Gasteiger partial charge is 0.349 e. The highest BCUT2D eigenvalue weighted by Gasteiger charge is 2.57. The van der Waals surface area contributed by atoms with Gasteiger partial charge in [0.25, 0.3) is 0 Å². The minimum absolute atomic E-state index is 0.0540. The Balaban J connectivity index is 1.26. The van der Waals surface area contributed by atoms with E-state index in [1.807, 2.05) is 23.5 Å². The topological polar surface area (TPSA) is 18.5 Å². The average molecular weight is 511 g/mol. The standard InChI is InChI=1S/C25H38F4O2S2/c1-22(2)16-30-23(31-17-22)10-8-19(9-11-23)15-25(28,29)24(26,27)14-18-4-6-20(7-5-18)21-32-12-3-13-33-21/h18-19H,3-17H2,1-2H3. The van der Waals surface area contributed by atoms with Crippen molar-refractivity contribution in [2.45, 2.75) is 102 Å². The molecule has 4 fully saturated rings. The quantitative estimate of drug-likeness (QED) is 0.346. The fourth-order valence-corrected chi connectivity index (χ4v) is 8.22. The Labute approximate surface area is 204 Å². The van der Waals surface area contributed by atoms with Crippen molar-refractivity contribution in [1.82, 2.24) is 0 Å². The summed E-state index contributed by atoms with van der Waals surface area (Å²) in [6.07, 6.45) is 4.44. The molecule has 0 radical (unpaired) electrons. The molecule has 0 aromatic heterocycles. The molecular weight excluding hydrogens is 472 g/mol. The van der Waals surface area contributed by atoms with E-state index < -0.39 is 36.4 Å². The highest BCUT2D eigenvalue weighted by atomic mass is 32.2. The average Bonchev–Trinajstić information content (AvgIpc) is 2.78. The fourth-order valence-electron chi connectivity index (χ4n) is 5.44. The van der Waals surface area contributed by atoms with Crippen LogP contribution < -0.4 is 0 Å². The van der Waals surface area contributed by atoms with Crippen LogP contribution in [-0.2, 0) is 9.47 Å². The highest BCUT2D eigenvalue weighted by molar-refractivity contribution is 8.22. The molecule has 0 aromatic rings. The third-order valence-electron chi connectivity index (χ3n) is 7.70. The van der Waals surface area contributed by atoms with E-state index in [2.05, 4.69) is 13.8 Å². The number of thioether (sulfide) groups is 2. The predicted octanol–water partition coefficient (Wildman–Crippen LogP) is 8.27. The van der Waals surface area contributed by atoms with E-state index in [4.69, 9.17) is 9.47 Å². The van der Waals surface area contributed by atoms with Crippen molar-refractivity contribution in [2.24, 2.45) is 17.3 Å². The first-order valence-electron chi connectivity index (χ1n) is 12.5. The maximum atomic E-state index is 14.8. The number of allylic oxidation sites excluding steroid dienone is 1. The van der Waals surface area contributed by atoms with Crippen LogP contribution in [0.3, 0.4) is 0 Å². The molecule has 0 amide bonds. The molecule has 0 N–H and O–H groups in total. The number of alkyl halides is 4.